The minimum Gasteiger partial charge on any atom is -0.323 e. The summed E-state index contributed by atoms with van der Waals surface area (Å²) in [6, 6.07) is 7.55. The molecular formula is C11H13N3O. The zero-order chi connectivity index (χ0) is 10.8. The van der Waals surface area contributed by atoms with Crippen LogP contribution < -0.4 is 10.2 Å². The van der Waals surface area contributed by atoms with Crippen molar-refractivity contribution in [3.8, 4) is 0 Å². The number of para-hydroxylation sites is 2. The molecule has 0 radical (unpaired) electrons. The summed E-state index contributed by atoms with van der Waals surface area (Å²) in [5.74, 6) is 0.407. The van der Waals surface area contributed by atoms with Crippen molar-refractivity contribution in [3.63, 3.8) is 0 Å². The molecule has 1 aliphatic rings. The van der Waals surface area contributed by atoms with Gasteiger partial charge in [-0.25, -0.2) is 0 Å². The van der Waals surface area contributed by atoms with Crippen LogP contribution in [0.3, 0.4) is 0 Å². The van der Waals surface area contributed by atoms with Gasteiger partial charge in [-0.3, -0.25) is 10.2 Å². The quantitative estimate of drug-likeness (QED) is 0.540. The van der Waals surface area contributed by atoms with Gasteiger partial charge in [0.05, 0.1) is 11.4 Å². The molecule has 1 aromatic rings. The molecule has 2 N–H and O–H groups in total. The molecule has 0 unspecified atom stereocenters. The van der Waals surface area contributed by atoms with E-state index in [0.29, 0.717) is 12.3 Å². The molecule has 78 valence electrons. The summed E-state index contributed by atoms with van der Waals surface area (Å²) in [4.78, 5) is 13.2. The summed E-state index contributed by atoms with van der Waals surface area (Å²) in [6.45, 7) is 2.15. The van der Waals surface area contributed by atoms with Gasteiger partial charge in [0.15, 0.2) is 0 Å². The number of amidine groups is 1. The van der Waals surface area contributed by atoms with Gasteiger partial charge in [0.2, 0.25) is 5.91 Å². The second kappa shape index (κ2) is 3.73. The molecule has 4 nitrogen and oxygen atoms in total. The van der Waals surface area contributed by atoms with E-state index in [1.54, 1.807) is 4.90 Å². The Balaban J connectivity index is 2.42. The molecule has 0 spiro atoms. The molecule has 1 amide bonds. The van der Waals surface area contributed by atoms with Crippen molar-refractivity contribution in [3.05, 3.63) is 24.3 Å². The minimum absolute atomic E-state index is 0.0631. The van der Waals surface area contributed by atoms with Crippen molar-refractivity contribution >= 4 is 23.1 Å². The third-order valence-electron chi connectivity index (χ3n) is 2.43. The highest BCUT2D eigenvalue weighted by Gasteiger charge is 2.23. The zero-order valence-electron chi connectivity index (χ0n) is 8.58. The SMILES string of the molecule is CCC(=N)N1CC(=O)Nc2ccccc21. The van der Waals surface area contributed by atoms with Gasteiger partial charge in [-0.1, -0.05) is 19.1 Å². The van der Waals surface area contributed by atoms with E-state index in [1.165, 1.54) is 0 Å². The third-order valence-corrected chi connectivity index (χ3v) is 2.43. The molecule has 0 saturated heterocycles. The number of nitrogens with zero attached hydrogens (tertiary/aromatic N) is 1. The smallest absolute Gasteiger partial charge is 0.244 e. The lowest BCUT2D eigenvalue weighted by Gasteiger charge is -2.30. The maximum Gasteiger partial charge on any atom is 0.244 e. The number of hydrogen-bond donors (Lipinski definition) is 2. The minimum atomic E-state index is -0.0631. The van der Waals surface area contributed by atoms with Gasteiger partial charge in [0.1, 0.15) is 12.4 Å². The lowest BCUT2D eigenvalue weighted by atomic mass is 10.2. The van der Waals surface area contributed by atoms with E-state index in [1.807, 2.05) is 31.2 Å². The Kier molecular flexibility index (Phi) is 2.41. The van der Waals surface area contributed by atoms with E-state index in [2.05, 4.69) is 5.32 Å². The molecule has 1 aliphatic heterocycles. The van der Waals surface area contributed by atoms with E-state index >= 15 is 0 Å². The molecule has 0 atom stereocenters. The van der Waals surface area contributed by atoms with Crippen molar-refractivity contribution in [2.45, 2.75) is 13.3 Å². The van der Waals surface area contributed by atoms with Crippen LogP contribution in [0, 0.1) is 5.41 Å². The molecule has 0 bridgehead atoms. The fraction of sp³-hybridized carbons (Fsp3) is 0.273. The summed E-state index contributed by atoms with van der Waals surface area (Å²) in [7, 11) is 0. The molecule has 0 aliphatic carbocycles. The standard InChI is InChI=1S/C11H13N3O/c1-2-10(12)14-7-11(15)13-8-5-3-4-6-9(8)14/h3-6,12H,2,7H2,1H3,(H,13,15). The second-order valence-corrected chi connectivity index (χ2v) is 3.45. The highest BCUT2D eigenvalue weighted by Crippen LogP contribution is 2.29. The first-order chi connectivity index (χ1) is 7.22. The second-order valence-electron chi connectivity index (χ2n) is 3.45. The Hall–Kier alpha value is -1.84. The van der Waals surface area contributed by atoms with Crippen LogP contribution in [0.2, 0.25) is 0 Å². The Labute approximate surface area is 88.4 Å². The van der Waals surface area contributed by atoms with Crippen LogP contribution >= 0.6 is 0 Å². The molecule has 1 heterocycles. The highest BCUT2D eigenvalue weighted by atomic mass is 16.2. The lowest BCUT2D eigenvalue weighted by molar-refractivity contribution is -0.115. The number of anilines is 2. The molecule has 4 heteroatoms. The van der Waals surface area contributed by atoms with Gasteiger partial charge in [0.25, 0.3) is 0 Å². The van der Waals surface area contributed by atoms with Gasteiger partial charge in [-0.15, -0.1) is 0 Å². The summed E-state index contributed by atoms with van der Waals surface area (Å²) in [5.41, 5.74) is 1.69. The van der Waals surface area contributed by atoms with Crippen LogP contribution in [0.4, 0.5) is 11.4 Å². The first kappa shape index (κ1) is 9.71. The van der Waals surface area contributed by atoms with E-state index in [4.69, 9.17) is 5.41 Å². The maximum absolute atomic E-state index is 11.4. The monoisotopic (exact) mass is 203 g/mol. The number of amides is 1. The van der Waals surface area contributed by atoms with E-state index < -0.39 is 0 Å². The molecule has 0 aromatic heterocycles. The maximum atomic E-state index is 11.4. The molecule has 2 rings (SSSR count). The van der Waals surface area contributed by atoms with Crippen LogP contribution in [-0.4, -0.2) is 18.3 Å². The summed E-state index contributed by atoms with van der Waals surface area (Å²) in [6.07, 6.45) is 0.627. The summed E-state index contributed by atoms with van der Waals surface area (Å²) in [5, 5.41) is 10.6. The number of nitrogens with one attached hydrogen (secondary N) is 2. The zero-order valence-corrected chi connectivity index (χ0v) is 8.58. The van der Waals surface area contributed by atoms with Crippen molar-refractivity contribution in [1.29, 1.82) is 5.41 Å². The topological polar surface area (TPSA) is 56.2 Å². The van der Waals surface area contributed by atoms with Gasteiger partial charge < -0.3 is 10.2 Å². The van der Waals surface area contributed by atoms with E-state index in [-0.39, 0.29) is 12.5 Å². The van der Waals surface area contributed by atoms with Crippen LogP contribution in [0.15, 0.2) is 24.3 Å². The highest BCUT2D eigenvalue weighted by molar-refractivity contribution is 6.10. The Morgan fingerprint density at radius 2 is 2.27 bits per heavy atom. The number of benzene rings is 1. The Bertz CT molecular complexity index is 414. The molecule has 0 fully saturated rings. The predicted molar refractivity (Wildman–Crippen MR) is 60.4 cm³/mol. The van der Waals surface area contributed by atoms with Crippen LogP contribution in [0.25, 0.3) is 0 Å². The van der Waals surface area contributed by atoms with Gasteiger partial charge in [0, 0.05) is 6.42 Å². The fourth-order valence-electron chi connectivity index (χ4n) is 1.66. The summed E-state index contributed by atoms with van der Waals surface area (Å²) >= 11 is 0. The number of fused-ring (bicyclic) bond motifs is 1. The van der Waals surface area contributed by atoms with Gasteiger partial charge >= 0.3 is 0 Å². The average molecular weight is 203 g/mol. The van der Waals surface area contributed by atoms with Gasteiger partial charge in [-0.05, 0) is 12.1 Å². The Morgan fingerprint density at radius 1 is 1.53 bits per heavy atom. The lowest BCUT2D eigenvalue weighted by Crippen LogP contribution is -2.41. The molecule has 0 saturated carbocycles. The number of carbonyl (C=O) groups excluding carboxylic acids is 1. The van der Waals surface area contributed by atoms with Crippen LogP contribution in [-0.2, 0) is 4.79 Å². The van der Waals surface area contributed by atoms with Crippen LogP contribution in [0.1, 0.15) is 13.3 Å². The molecule has 15 heavy (non-hydrogen) atoms. The van der Waals surface area contributed by atoms with Crippen molar-refractivity contribution in [2.24, 2.45) is 0 Å². The first-order valence-corrected chi connectivity index (χ1v) is 4.96. The predicted octanol–water partition coefficient (Wildman–Crippen LogP) is 1.83. The summed E-state index contributed by atoms with van der Waals surface area (Å²) < 4.78 is 0. The number of hydrogen-bond acceptors (Lipinski definition) is 2. The van der Waals surface area contributed by atoms with Crippen LogP contribution in [0.5, 0.6) is 0 Å². The van der Waals surface area contributed by atoms with E-state index in [0.717, 1.165) is 11.4 Å². The molecule has 1 aromatic carbocycles. The number of rotatable bonds is 1. The number of carbonyl (C=O) groups is 1. The first-order valence-electron chi connectivity index (χ1n) is 4.96. The van der Waals surface area contributed by atoms with Crippen molar-refractivity contribution in [2.75, 3.05) is 16.8 Å². The van der Waals surface area contributed by atoms with Crippen molar-refractivity contribution in [1.82, 2.24) is 0 Å². The van der Waals surface area contributed by atoms with Crippen molar-refractivity contribution < 1.29 is 4.79 Å². The third kappa shape index (κ3) is 1.70. The van der Waals surface area contributed by atoms with Gasteiger partial charge in [-0.2, -0.15) is 0 Å². The largest absolute Gasteiger partial charge is 0.323 e. The fourth-order valence-corrected chi connectivity index (χ4v) is 1.66. The molecular weight excluding hydrogens is 190 g/mol. The normalized spacial score (nSPS) is 14.5. The average Bonchev–Trinajstić information content (AvgIpc) is 2.26. The Morgan fingerprint density at radius 3 is 3.00 bits per heavy atom. The van der Waals surface area contributed by atoms with E-state index in [9.17, 15) is 4.79 Å².